The molecule has 0 saturated heterocycles. The molecule has 6 heteroatoms. The van der Waals surface area contributed by atoms with E-state index in [0.717, 1.165) is 9.27 Å². The highest BCUT2D eigenvalue weighted by Gasteiger charge is 2.27. The minimum absolute atomic E-state index is 0.272. The smallest absolute Gasteiger partial charge is 0.147 e. The topological polar surface area (TPSA) is 24.5 Å². The normalized spacial score (nSPS) is 13.8. The molecule has 2 aromatic carbocycles. The van der Waals surface area contributed by atoms with E-state index in [2.05, 4.69) is 11.9 Å². The largest absolute Gasteiger partial charge is 0.494 e. The summed E-state index contributed by atoms with van der Waals surface area (Å²) >= 11 is 2.04. The minimum Gasteiger partial charge on any atom is -0.494 e. The van der Waals surface area contributed by atoms with E-state index in [0.29, 0.717) is 28.3 Å². The van der Waals surface area contributed by atoms with Crippen molar-refractivity contribution < 1.29 is 13.5 Å². The van der Waals surface area contributed by atoms with Crippen molar-refractivity contribution in [1.29, 1.82) is 0 Å². The maximum absolute atomic E-state index is 14.2. The number of rotatable bonds is 3. The molecule has 0 aromatic heterocycles. The van der Waals surface area contributed by atoms with Gasteiger partial charge in [-0.3, -0.25) is 0 Å². The molecule has 1 aliphatic rings. The Morgan fingerprint density at radius 3 is 2.52 bits per heavy atom. The monoisotopic (exact) mass is 454 g/mol. The highest BCUT2D eigenvalue weighted by atomic mass is 127. The Morgan fingerprint density at radius 2 is 1.88 bits per heavy atom. The molecular weight excluding hydrogens is 437 g/mol. The molecule has 0 atom stereocenters. The molecule has 0 bridgehead atoms. The number of hydrogen-bond donors (Lipinski definition) is 1. The molecule has 0 spiro atoms. The Morgan fingerprint density at radius 1 is 1.16 bits per heavy atom. The lowest BCUT2D eigenvalue weighted by Gasteiger charge is -2.33. The molecule has 1 aliphatic heterocycles. The van der Waals surface area contributed by atoms with Crippen molar-refractivity contribution in [1.82, 2.24) is 0 Å². The first-order chi connectivity index (χ1) is 11.8. The van der Waals surface area contributed by atoms with E-state index >= 15 is 0 Å². The molecule has 0 unspecified atom stereocenters. The zero-order valence-corrected chi connectivity index (χ0v) is 16.2. The second-order valence-corrected chi connectivity index (χ2v) is 7.00. The van der Waals surface area contributed by atoms with Crippen molar-refractivity contribution in [2.75, 3.05) is 24.4 Å². The van der Waals surface area contributed by atoms with E-state index in [1.54, 1.807) is 19.2 Å². The number of hydrogen-bond acceptors (Lipinski definition) is 3. The van der Waals surface area contributed by atoms with Crippen LogP contribution >= 0.6 is 22.6 Å². The molecule has 3 nitrogen and oxygen atoms in total. The summed E-state index contributed by atoms with van der Waals surface area (Å²) < 4.78 is 34.7. The summed E-state index contributed by atoms with van der Waals surface area (Å²) in [6, 6.07) is 7.60. The van der Waals surface area contributed by atoms with Crippen LogP contribution in [0.1, 0.15) is 12.5 Å². The lowest BCUT2D eigenvalue weighted by Crippen LogP contribution is -2.23. The highest BCUT2D eigenvalue weighted by molar-refractivity contribution is 14.1. The molecule has 2 aromatic rings. The third kappa shape index (κ3) is 3.10. The maximum Gasteiger partial charge on any atom is 0.147 e. The molecule has 1 heterocycles. The number of nitrogens with one attached hydrogen (secondary N) is 1. The predicted octanol–water partition coefficient (Wildman–Crippen LogP) is 5.65. The van der Waals surface area contributed by atoms with Gasteiger partial charge in [-0.2, -0.15) is 0 Å². The van der Waals surface area contributed by atoms with Crippen molar-refractivity contribution in [2.24, 2.45) is 0 Å². The summed E-state index contributed by atoms with van der Waals surface area (Å²) in [6.45, 7) is 5.97. The number of anilines is 3. The minimum atomic E-state index is -0.416. The second kappa shape index (κ2) is 6.67. The number of halogens is 3. The molecule has 0 saturated carbocycles. The van der Waals surface area contributed by atoms with Crippen LogP contribution in [0.2, 0.25) is 0 Å². The second-order valence-electron chi connectivity index (χ2n) is 5.75. The fourth-order valence-electron chi connectivity index (χ4n) is 2.94. The number of benzene rings is 2. The average Bonchev–Trinajstić information content (AvgIpc) is 2.55. The molecule has 0 amide bonds. The Balaban J connectivity index is 2.15. The van der Waals surface area contributed by atoms with Gasteiger partial charge < -0.3 is 15.0 Å². The summed E-state index contributed by atoms with van der Waals surface area (Å²) in [7, 11) is 3.40. The molecule has 0 aliphatic carbocycles. The molecule has 3 rings (SSSR count). The van der Waals surface area contributed by atoms with E-state index in [4.69, 9.17) is 4.74 Å². The van der Waals surface area contributed by atoms with E-state index in [1.807, 2.05) is 41.5 Å². The van der Waals surface area contributed by atoms with Gasteiger partial charge in [0.05, 0.1) is 29.9 Å². The van der Waals surface area contributed by atoms with Gasteiger partial charge in [-0.25, -0.2) is 8.78 Å². The summed E-state index contributed by atoms with van der Waals surface area (Å²) in [5, 5.41) is 2.99. The van der Waals surface area contributed by atoms with Crippen LogP contribution in [0.4, 0.5) is 25.8 Å². The van der Waals surface area contributed by atoms with Crippen LogP contribution < -0.4 is 10.2 Å². The quantitative estimate of drug-likeness (QED) is 0.607. The Labute approximate surface area is 159 Å². The fourth-order valence-corrected chi connectivity index (χ4v) is 3.40. The van der Waals surface area contributed by atoms with E-state index < -0.39 is 11.6 Å². The molecule has 130 valence electrons. The number of allylic oxidation sites excluding steroid dienone is 2. The SMILES string of the molecule is C=C1C(OC)=C(C)N(C)c2cc(F)cc(Nc3ccc(I)cc3F)c21. The standard InChI is InChI=1S/C19H17F2IN2O/c1-10-18-16(23-15-6-5-13(22)9-14(15)21)7-12(20)8-17(18)24(3)11(2)19(10)25-4/h5-9,23H,1H2,2-4H3. The number of fused-ring (bicyclic) bond motifs is 1. The molecule has 0 fully saturated rings. The van der Waals surface area contributed by atoms with Gasteiger partial charge in [0.25, 0.3) is 0 Å². The first kappa shape index (κ1) is 17.7. The van der Waals surface area contributed by atoms with Gasteiger partial charge in [-0.1, -0.05) is 6.58 Å². The Hall–Kier alpha value is -2.09. The van der Waals surface area contributed by atoms with Crippen LogP contribution in [0.15, 0.2) is 48.4 Å². The van der Waals surface area contributed by atoms with Gasteiger partial charge in [0.2, 0.25) is 0 Å². The van der Waals surface area contributed by atoms with Crippen LogP contribution in [0.25, 0.3) is 5.57 Å². The van der Waals surface area contributed by atoms with E-state index in [-0.39, 0.29) is 5.69 Å². The van der Waals surface area contributed by atoms with Gasteiger partial charge in [0.15, 0.2) is 0 Å². The molecule has 1 N–H and O–H groups in total. The maximum atomic E-state index is 14.2. The summed E-state index contributed by atoms with van der Waals surface area (Å²) in [5.41, 5.74) is 3.50. The third-order valence-corrected chi connectivity index (χ3v) is 4.93. The summed E-state index contributed by atoms with van der Waals surface area (Å²) in [4.78, 5) is 1.83. The van der Waals surface area contributed by atoms with Gasteiger partial charge in [-0.05, 0) is 59.8 Å². The zero-order chi connectivity index (χ0) is 18.3. The van der Waals surface area contributed by atoms with Crippen molar-refractivity contribution in [3.05, 3.63) is 69.1 Å². The van der Waals surface area contributed by atoms with Gasteiger partial charge >= 0.3 is 0 Å². The van der Waals surface area contributed by atoms with E-state index in [9.17, 15) is 8.78 Å². The Kier molecular flexibility index (Phi) is 4.73. The Bertz CT molecular complexity index is 909. The zero-order valence-electron chi connectivity index (χ0n) is 14.1. The van der Waals surface area contributed by atoms with Crippen molar-refractivity contribution in [2.45, 2.75) is 6.92 Å². The number of ether oxygens (including phenoxy) is 1. The van der Waals surface area contributed by atoms with Crippen molar-refractivity contribution >= 4 is 45.2 Å². The van der Waals surface area contributed by atoms with Crippen molar-refractivity contribution in [3.8, 4) is 0 Å². The number of methoxy groups -OCH3 is 1. The molecular formula is C19H17F2IN2O. The first-order valence-electron chi connectivity index (χ1n) is 7.57. The van der Waals surface area contributed by atoms with Crippen LogP contribution in [-0.2, 0) is 4.74 Å². The molecule has 0 radical (unpaired) electrons. The first-order valence-corrected chi connectivity index (χ1v) is 8.65. The summed E-state index contributed by atoms with van der Waals surface area (Å²) in [5.74, 6) is -0.202. The summed E-state index contributed by atoms with van der Waals surface area (Å²) in [6.07, 6.45) is 0. The fraction of sp³-hybridized carbons (Fsp3) is 0.158. The highest BCUT2D eigenvalue weighted by Crippen LogP contribution is 2.44. The predicted molar refractivity (Wildman–Crippen MR) is 106 cm³/mol. The average molecular weight is 454 g/mol. The van der Waals surface area contributed by atoms with Gasteiger partial charge in [-0.15, -0.1) is 0 Å². The molecule has 25 heavy (non-hydrogen) atoms. The third-order valence-electron chi connectivity index (χ3n) is 4.26. The van der Waals surface area contributed by atoms with Crippen LogP contribution in [0.5, 0.6) is 0 Å². The van der Waals surface area contributed by atoms with Crippen molar-refractivity contribution in [3.63, 3.8) is 0 Å². The number of nitrogens with zero attached hydrogens (tertiary/aromatic N) is 1. The van der Waals surface area contributed by atoms with Crippen LogP contribution in [0.3, 0.4) is 0 Å². The van der Waals surface area contributed by atoms with Gasteiger partial charge in [0.1, 0.15) is 17.4 Å². The van der Waals surface area contributed by atoms with Crippen LogP contribution in [-0.4, -0.2) is 14.2 Å². The van der Waals surface area contributed by atoms with Crippen LogP contribution in [0, 0.1) is 15.2 Å². The lowest BCUT2D eigenvalue weighted by atomic mass is 9.95. The van der Waals surface area contributed by atoms with E-state index in [1.165, 1.54) is 18.2 Å². The lowest BCUT2D eigenvalue weighted by molar-refractivity contribution is 0.305. The van der Waals surface area contributed by atoms with Gasteiger partial charge in [0, 0.05) is 21.8 Å².